The molecule has 0 bridgehead atoms. The van der Waals surface area contributed by atoms with Crippen LogP contribution < -0.4 is 5.32 Å². The van der Waals surface area contributed by atoms with Crippen LogP contribution in [-0.2, 0) is 10.2 Å². The molecule has 64 heavy (non-hydrogen) atoms. The highest BCUT2D eigenvalue weighted by Crippen LogP contribution is 2.58. The molecule has 8 aromatic rings. The number of aliphatic imine (C=N–C) groups is 2. The van der Waals surface area contributed by atoms with Gasteiger partial charge in [-0.05, 0) is 104 Å². The second kappa shape index (κ2) is 17.0. The Balaban J connectivity index is 0.978. The van der Waals surface area contributed by atoms with Crippen molar-refractivity contribution in [3.05, 3.63) is 282 Å². The monoisotopic (exact) mass is 823 g/mol. The summed E-state index contributed by atoms with van der Waals surface area (Å²) in [6.45, 7) is 0. The Hall–Kier alpha value is -8.08. The van der Waals surface area contributed by atoms with Gasteiger partial charge in [0.2, 0.25) is 5.90 Å². The van der Waals surface area contributed by atoms with Gasteiger partial charge in [-0.3, -0.25) is 4.99 Å². The van der Waals surface area contributed by atoms with E-state index in [2.05, 4.69) is 199 Å². The topological polar surface area (TPSA) is 46.0 Å². The molecule has 3 atom stereocenters. The van der Waals surface area contributed by atoms with Crippen molar-refractivity contribution in [3.63, 3.8) is 0 Å². The molecule has 3 aliphatic rings. The van der Waals surface area contributed by atoms with E-state index in [1.54, 1.807) is 6.26 Å². The Morgan fingerprint density at radius 2 is 1.06 bits per heavy atom. The molecule has 8 aromatic carbocycles. The predicted molar refractivity (Wildman–Crippen MR) is 263 cm³/mol. The molecule has 2 heterocycles. The predicted octanol–water partition coefficient (Wildman–Crippen LogP) is 14.0. The standard InChI is InChI=1S/C60H45N3O/c1-5-16-42(17-6-1)43-27-31-45(32-28-43)56-41-57(63-58(62-56)47-18-7-2-8-19-47)46-33-29-44(30-34-46)49-35-36-53-52-25-13-14-26-54(52)60(55(53)40-49,50-22-11-4-12-23-50)51-24-15-39-64-59(61-38-37-51)48-20-9-3-10-21-48/h1-23,25-41,51,58,62H,24H2/b38-37+,39-15+,61-59?. The summed E-state index contributed by atoms with van der Waals surface area (Å²) in [6, 6.07) is 75.7. The van der Waals surface area contributed by atoms with Crippen LogP contribution >= 0.6 is 0 Å². The molecule has 0 spiro atoms. The first-order valence-corrected chi connectivity index (χ1v) is 22.0. The maximum absolute atomic E-state index is 6.15. The number of allylic oxidation sites excluding steroid dienone is 3. The zero-order valence-corrected chi connectivity index (χ0v) is 35.3. The van der Waals surface area contributed by atoms with E-state index < -0.39 is 5.41 Å². The van der Waals surface area contributed by atoms with Crippen LogP contribution in [0, 0.1) is 5.92 Å². The summed E-state index contributed by atoms with van der Waals surface area (Å²) < 4.78 is 6.15. The zero-order valence-electron chi connectivity index (χ0n) is 35.3. The number of fused-ring (bicyclic) bond motifs is 3. The third-order valence-corrected chi connectivity index (χ3v) is 12.8. The highest BCUT2D eigenvalue weighted by atomic mass is 16.5. The number of rotatable bonds is 8. The van der Waals surface area contributed by atoms with E-state index in [0.717, 1.165) is 51.2 Å². The van der Waals surface area contributed by atoms with E-state index in [4.69, 9.17) is 14.7 Å². The number of ether oxygens (including phenoxy) is 1. The minimum atomic E-state index is -0.493. The summed E-state index contributed by atoms with van der Waals surface area (Å²) in [7, 11) is 0. The smallest absolute Gasteiger partial charge is 0.225 e. The van der Waals surface area contributed by atoms with Crippen LogP contribution in [0.1, 0.15) is 51.5 Å². The fourth-order valence-electron chi connectivity index (χ4n) is 9.76. The maximum Gasteiger partial charge on any atom is 0.225 e. The molecule has 11 rings (SSSR count). The number of nitrogens with zero attached hydrogens (tertiary/aromatic N) is 2. The van der Waals surface area contributed by atoms with E-state index in [1.807, 2.05) is 42.6 Å². The fraction of sp³-hybridized carbons (Fsp3) is 0.0667. The van der Waals surface area contributed by atoms with Gasteiger partial charge < -0.3 is 10.1 Å². The Morgan fingerprint density at radius 1 is 0.500 bits per heavy atom. The first-order valence-electron chi connectivity index (χ1n) is 22.0. The summed E-state index contributed by atoms with van der Waals surface area (Å²) >= 11 is 0. The lowest BCUT2D eigenvalue weighted by molar-refractivity contribution is 0.446. The molecule has 306 valence electrons. The van der Waals surface area contributed by atoms with Gasteiger partial charge in [0.15, 0.2) is 0 Å². The fourth-order valence-corrected chi connectivity index (χ4v) is 9.76. The Bertz CT molecular complexity index is 3100. The molecule has 0 radical (unpaired) electrons. The van der Waals surface area contributed by atoms with Gasteiger partial charge in [0.1, 0.15) is 6.17 Å². The lowest BCUT2D eigenvalue weighted by atomic mass is 9.63. The molecule has 4 heteroatoms. The van der Waals surface area contributed by atoms with Crippen molar-refractivity contribution in [2.24, 2.45) is 15.9 Å². The van der Waals surface area contributed by atoms with Gasteiger partial charge in [-0.15, -0.1) is 0 Å². The first kappa shape index (κ1) is 38.8. The normalized spacial score (nSPS) is 19.7. The van der Waals surface area contributed by atoms with Gasteiger partial charge in [0.25, 0.3) is 0 Å². The van der Waals surface area contributed by atoms with Crippen molar-refractivity contribution in [1.82, 2.24) is 5.32 Å². The molecular weight excluding hydrogens is 779 g/mol. The van der Waals surface area contributed by atoms with Crippen molar-refractivity contribution >= 4 is 17.3 Å². The van der Waals surface area contributed by atoms with Crippen molar-refractivity contribution in [2.75, 3.05) is 0 Å². The molecule has 1 aliphatic carbocycles. The lowest BCUT2D eigenvalue weighted by Gasteiger charge is -2.39. The molecule has 4 nitrogen and oxygen atoms in total. The van der Waals surface area contributed by atoms with Gasteiger partial charge >= 0.3 is 0 Å². The van der Waals surface area contributed by atoms with E-state index in [9.17, 15) is 0 Å². The second-order valence-corrected chi connectivity index (χ2v) is 16.5. The number of hydrogen-bond acceptors (Lipinski definition) is 4. The largest absolute Gasteiger partial charge is 0.446 e. The summed E-state index contributed by atoms with van der Waals surface area (Å²) in [5.74, 6) is 0.607. The average Bonchev–Trinajstić information content (AvgIpc) is 3.74. The zero-order chi connectivity index (χ0) is 42.7. The van der Waals surface area contributed by atoms with Crippen LogP contribution in [-0.4, -0.2) is 11.6 Å². The van der Waals surface area contributed by atoms with Crippen molar-refractivity contribution in [2.45, 2.75) is 18.0 Å². The van der Waals surface area contributed by atoms with Crippen LogP contribution in [0.5, 0.6) is 0 Å². The number of benzene rings is 8. The van der Waals surface area contributed by atoms with Gasteiger partial charge in [-0.1, -0.05) is 200 Å². The summed E-state index contributed by atoms with van der Waals surface area (Å²) in [4.78, 5) is 10.2. The number of hydrogen-bond donors (Lipinski definition) is 1. The molecule has 1 N–H and O–H groups in total. The summed E-state index contributed by atoms with van der Waals surface area (Å²) in [5.41, 5.74) is 16.8. The third-order valence-electron chi connectivity index (χ3n) is 12.8. The van der Waals surface area contributed by atoms with Crippen LogP contribution in [0.25, 0.3) is 39.1 Å². The van der Waals surface area contributed by atoms with Crippen LogP contribution in [0.15, 0.2) is 253 Å². The molecule has 0 aromatic heterocycles. The van der Waals surface area contributed by atoms with Gasteiger partial charge in [-0.25, -0.2) is 4.99 Å². The summed E-state index contributed by atoms with van der Waals surface area (Å²) in [5, 5.41) is 3.73. The second-order valence-electron chi connectivity index (χ2n) is 16.5. The molecular formula is C60H45N3O. The average molecular weight is 824 g/mol. The van der Waals surface area contributed by atoms with E-state index in [-0.39, 0.29) is 12.1 Å². The highest BCUT2D eigenvalue weighted by Gasteiger charge is 2.49. The molecule has 3 unspecified atom stereocenters. The molecule has 0 saturated carbocycles. The third kappa shape index (κ3) is 7.19. The van der Waals surface area contributed by atoms with E-state index >= 15 is 0 Å². The van der Waals surface area contributed by atoms with Gasteiger partial charge in [0.05, 0.1) is 17.4 Å². The van der Waals surface area contributed by atoms with E-state index in [1.165, 1.54) is 38.9 Å². The van der Waals surface area contributed by atoms with Crippen molar-refractivity contribution in [1.29, 1.82) is 0 Å². The maximum atomic E-state index is 6.15. The first-order chi connectivity index (χ1) is 31.7. The van der Waals surface area contributed by atoms with Crippen LogP contribution in [0.3, 0.4) is 0 Å². The lowest BCUT2D eigenvalue weighted by Crippen LogP contribution is -2.35. The SMILES string of the molecule is C1=C(c2ccc(-c3ccccc3)cc2)NC(c2ccccc2)N=C1c1ccc(-c2ccc3c(c2)C(c2ccccc2)(C2/C=C/N=C(c4ccccc4)O/C=C/C2)c2ccccc2-3)cc1. The van der Waals surface area contributed by atoms with Gasteiger partial charge in [-0.2, -0.15) is 0 Å². The minimum absolute atomic E-state index is 0.0275. The molecule has 0 saturated heterocycles. The quantitative estimate of drug-likeness (QED) is 0.166. The Kier molecular flexibility index (Phi) is 10.3. The molecule has 0 fully saturated rings. The Morgan fingerprint density at radius 3 is 1.80 bits per heavy atom. The van der Waals surface area contributed by atoms with Crippen molar-refractivity contribution < 1.29 is 4.74 Å². The van der Waals surface area contributed by atoms with E-state index in [0.29, 0.717) is 5.90 Å². The highest BCUT2D eigenvalue weighted by molar-refractivity contribution is 6.13. The minimum Gasteiger partial charge on any atom is -0.446 e. The molecule has 2 aliphatic heterocycles. The van der Waals surface area contributed by atoms with Crippen molar-refractivity contribution in [3.8, 4) is 33.4 Å². The Labute approximate surface area is 375 Å². The number of nitrogens with one attached hydrogen (secondary N) is 1. The van der Waals surface area contributed by atoms with Crippen LogP contribution in [0.4, 0.5) is 0 Å². The summed E-state index contributed by atoms with van der Waals surface area (Å²) in [6.07, 6.45) is 10.9. The molecule has 0 amide bonds. The van der Waals surface area contributed by atoms with Crippen LogP contribution in [0.2, 0.25) is 0 Å². The van der Waals surface area contributed by atoms with Gasteiger partial charge in [0, 0.05) is 23.4 Å².